The molecule has 3 nitrogen and oxygen atoms in total. The van der Waals surface area contributed by atoms with Crippen LogP contribution in [0.15, 0.2) is 16.0 Å². The molecule has 2 rings (SSSR count). The fourth-order valence-electron chi connectivity index (χ4n) is 0.837. The Balaban J connectivity index is 2.43. The molecule has 2 aromatic rings. The van der Waals surface area contributed by atoms with Crippen LogP contribution in [0.1, 0.15) is 5.82 Å². The Kier molecular flexibility index (Phi) is 1.86. The van der Waals surface area contributed by atoms with Crippen molar-refractivity contribution >= 4 is 22.9 Å². The lowest BCUT2D eigenvalue weighted by molar-refractivity contribution is 0.426. The molecule has 0 aliphatic rings. The minimum atomic E-state index is 0.524. The first-order chi connectivity index (χ1) is 5.75. The van der Waals surface area contributed by atoms with E-state index in [0.29, 0.717) is 11.7 Å². The Bertz CT molecular complexity index is 357. The lowest BCUT2D eigenvalue weighted by Crippen LogP contribution is -1.73. The van der Waals surface area contributed by atoms with Crippen LogP contribution in [-0.4, -0.2) is 10.1 Å². The molecule has 0 unspecified atom stereocenters. The summed E-state index contributed by atoms with van der Waals surface area (Å²) in [4.78, 5) is 4.06. The van der Waals surface area contributed by atoms with Crippen LogP contribution < -0.4 is 0 Å². The number of hydrogen-bond acceptors (Lipinski definition) is 4. The van der Waals surface area contributed by atoms with E-state index in [2.05, 4.69) is 10.1 Å². The number of aromatic nitrogens is 2. The Hall–Kier alpha value is -0.870. The molecule has 0 N–H and O–H groups in total. The van der Waals surface area contributed by atoms with E-state index < -0.39 is 0 Å². The molecule has 0 saturated carbocycles. The number of thiophene rings is 1. The maximum absolute atomic E-state index is 5.75. The van der Waals surface area contributed by atoms with E-state index >= 15 is 0 Å². The Labute approximate surface area is 78.0 Å². The minimum absolute atomic E-state index is 0.524. The van der Waals surface area contributed by atoms with Gasteiger partial charge < -0.3 is 4.52 Å². The number of hydrogen-bond donors (Lipinski definition) is 0. The molecule has 0 amide bonds. The van der Waals surface area contributed by atoms with Gasteiger partial charge in [-0.15, -0.1) is 11.3 Å². The van der Waals surface area contributed by atoms with Gasteiger partial charge in [0.05, 0.1) is 9.90 Å². The molecule has 0 radical (unpaired) electrons. The third kappa shape index (κ3) is 1.35. The summed E-state index contributed by atoms with van der Waals surface area (Å²) in [5.74, 6) is 1.16. The van der Waals surface area contributed by atoms with Crippen LogP contribution in [0, 0.1) is 6.92 Å². The molecule has 62 valence electrons. The second-order valence-electron chi connectivity index (χ2n) is 2.29. The van der Waals surface area contributed by atoms with Gasteiger partial charge in [0.25, 0.3) is 5.89 Å². The van der Waals surface area contributed by atoms with Crippen molar-refractivity contribution in [3.63, 3.8) is 0 Å². The molecule has 0 fully saturated rings. The van der Waals surface area contributed by atoms with Gasteiger partial charge >= 0.3 is 0 Å². The van der Waals surface area contributed by atoms with Crippen LogP contribution in [0.3, 0.4) is 0 Å². The summed E-state index contributed by atoms with van der Waals surface area (Å²) in [5.41, 5.74) is 0.880. The molecule has 0 spiro atoms. The predicted molar refractivity (Wildman–Crippen MR) is 47.4 cm³/mol. The van der Waals surface area contributed by atoms with Crippen molar-refractivity contribution in [2.75, 3.05) is 0 Å². The average Bonchev–Trinajstić information content (AvgIpc) is 2.58. The highest BCUT2D eigenvalue weighted by molar-refractivity contribution is 7.14. The summed E-state index contributed by atoms with van der Waals surface area (Å²) in [6.45, 7) is 1.78. The van der Waals surface area contributed by atoms with Crippen LogP contribution >= 0.6 is 22.9 Å². The molecule has 0 saturated heterocycles. The molecule has 0 aliphatic carbocycles. The topological polar surface area (TPSA) is 38.9 Å². The minimum Gasteiger partial charge on any atom is -0.334 e. The monoisotopic (exact) mass is 200 g/mol. The Morgan fingerprint density at radius 2 is 2.42 bits per heavy atom. The lowest BCUT2D eigenvalue weighted by atomic mass is 10.3. The molecule has 0 aliphatic heterocycles. The quantitative estimate of drug-likeness (QED) is 0.711. The Morgan fingerprint density at radius 3 is 2.92 bits per heavy atom. The number of halogens is 1. The summed E-state index contributed by atoms with van der Waals surface area (Å²) in [7, 11) is 0. The predicted octanol–water partition coefficient (Wildman–Crippen LogP) is 2.76. The van der Waals surface area contributed by atoms with Gasteiger partial charge in [-0.2, -0.15) is 4.98 Å². The normalized spacial score (nSPS) is 10.5. The van der Waals surface area contributed by atoms with Gasteiger partial charge in [0.15, 0.2) is 5.82 Å². The van der Waals surface area contributed by atoms with Gasteiger partial charge in [-0.25, -0.2) is 0 Å². The van der Waals surface area contributed by atoms with E-state index in [4.69, 9.17) is 16.1 Å². The van der Waals surface area contributed by atoms with Crippen molar-refractivity contribution in [2.45, 2.75) is 6.92 Å². The largest absolute Gasteiger partial charge is 0.334 e. The SMILES string of the molecule is Cc1noc(-c2csc(Cl)c2)n1. The molecule has 5 heteroatoms. The number of aryl methyl sites for hydroxylation is 1. The zero-order valence-electron chi connectivity index (χ0n) is 6.24. The van der Waals surface area contributed by atoms with Crippen LogP contribution in [-0.2, 0) is 0 Å². The summed E-state index contributed by atoms with van der Waals surface area (Å²) < 4.78 is 5.67. The van der Waals surface area contributed by atoms with E-state index in [0.717, 1.165) is 9.90 Å². The highest BCUT2D eigenvalue weighted by atomic mass is 35.5. The summed E-state index contributed by atoms with van der Waals surface area (Å²) >= 11 is 7.19. The maximum Gasteiger partial charge on any atom is 0.258 e. The molecular weight excluding hydrogens is 196 g/mol. The van der Waals surface area contributed by atoms with E-state index in [9.17, 15) is 0 Å². The molecular formula is C7H5ClN2OS. The molecule has 12 heavy (non-hydrogen) atoms. The third-order valence-corrected chi connectivity index (χ3v) is 2.43. The second kappa shape index (κ2) is 2.88. The number of rotatable bonds is 1. The first-order valence-corrected chi connectivity index (χ1v) is 4.56. The maximum atomic E-state index is 5.75. The highest BCUT2D eigenvalue weighted by Crippen LogP contribution is 2.27. The van der Waals surface area contributed by atoms with Gasteiger partial charge in [0.1, 0.15) is 0 Å². The van der Waals surface area contributed by atoms with Crippen LogP contribution in [0.5, 0.6) is 0 Å². The third-order valence-electron chi connectivity index (χ3n) is 1.34. The van der Waals surface area contributed by atoms with Crippen LogP contribution in [0.25, 0.3) is 11.5 Å². The van der Waals surface area contributed by atoms with Crippen molar-refractivity contribution in [1.82, 2.24) is 10.1 Å². The van der Waals surface area contributed by atoms with E-state index in [1.165, 1.54) is 11.3 Å². The fourth-order valence-corrected chi connectivity index (χ4v) is 1.69. The second-order valence-corrected chi connectivity index (χ2v) is 3.83. The van der Waals surface area contributed by atoms with Crippen LogP contribution in [0.2, 0.25) is 4.34 Å². The van der Waals surface area contributed by atoms with Gasteiger partial charge in [-0.3, -0.25) is 0 Å². The van der Waals surface area contributed by atoms with Gasteiger partial charge in [0, 0.05) is 5.38 Å². The zero-order valence-corrected chi connectivity index (χ0v) is 7.82. The van der Waals surface area contributed by atoms with Crippen molar-refractivity contribution in [3.8, 4) is 11.5 Å². The fraction of sp³-hybridized carbons (Fsp3) is 0.143. The van der Waals surface area contributed by atoms with Crippen molar-refractivity contribution in [1.29, 1.82) is 0 Å². The average molecular weight is 201 g/mol. The lowest BCUT2D eigenvalue weighted by Gasteiger charge is -1.81. The molecule has 2 heterocycles. The number of nitrogens with zero attached hydrogens (tertiary/aromatic N) is 2. The molecule has 0 bridgehead atoms. The van der Waals surface area contributed by atoms with Crippen molar-refractivity contribution < 1.29 is 4.52 Å². The molecule has 2 aromatic heterocycles. The summed E-state index contributed by atoms with van der Waals surface area (Å²) in [6.07, 6.45) is 0. The van der Waals surface area contributed by atoms with Gasteiger partial charge in [-0.1, -0.05) is 16.8 Å². The first-order valence-electron chi connectivity index (χ1n) is 3.30. The van der Waals surface area contributed by atoms with Gasteiger partial charge in [-0.05, 0) is 13.0 Å². The summed E-state index contributed by atoms with van der Waals surface area (Å²) in [5, 5.41) is 5.56. The van der Waals surface area contributed by atoms with Crippen molar-refractivity contribution in [2.24, 2.45) is 0 Å². The summed E-state index contributed by atoms with van der Waals surface area (Å²) in [6, 6.07) is 1.80. The molecule has 0 atom stereocenters. The van der Waals surface area contributed by atoms with E-state index in [1.54, 1.807) is 13.0 Å². The van der Waals surface area contributed by atoms with E-state index in [-0.39, 0.29) is 0 Å². The van der Waals surface area contributed by atoms with Gasteiger partial charge in [0.2, 0.25) is 0 Å². The zero-order chi connectivity index (χ0) is 8.55. The van der Waals surface area contributed by atoms with Crippen LogP contribution in [0.4, 0.5) is 0 Å². The highest BCUT2D eigenvalue weighted by Gasteiger charge is 2.07. The smallest absolute Gasteiger partial charge is 0.258 e. The first kappa shape index (κ1) is 7.76. The Morgan fingerprint density at radius 1 is 1.58 bits per heavy atom. The van der Waals surface area contributed by atoms with E-state index in [1.807, 2.05) is 5.38 Å². The molecule has 0 aromatic carbocycles. The van der Waals surface area contributed by atoms with Crippen molar-refractivity contribution in [3.05, 3.63) is 21.6 Å². The standard InChI is InChI=1S/C7H5ClN2OS/c1-4-9-7(11-10-4)5-2-6(8)12-3-5/h2-3H,1H3.